The number of rotatable bonds is 5. The summed E-state index contributed by atoms with van der Waals surface area (Å²) in [5.41, 5.74) is 0. The second-order valence-corrected chi connectivity index (χ2v) is 7.71. The molecular weight excluding hydrogens is 308 g/mol. The number of piperazine rings is 2. The van der Waals surface area contributed by atoms with Crippen LogP contribution >= 0.6 is 0 Å². The summed E-state index contributed by atoms with van der Waals surface area (Å²) in [6.07, 6.45) is 0.349. The second kappa shape index (κ2) is 7.69. The highest BCUT2D eigenvalue weighted by Gasteiger charge is 2.33. The molecule has 0 bridgehead atoms. The van der Waals surface area contributed by atoms with E-state index >= 15 is 0 Å². The number of esters is 1. The van der Waals surface area contributed by atoms with Crippen molar-refractivity contribution >= 4 is 16.2 Å². The van der Waals surface area contributed by atoms with E-state index in [0.717, 1.165) is 13.1 Å². The first-order chi connectivity index (χ1) is 10.4. The van der Waals surface area contributed by atoms with Crippen LogP contribution in [-0.2, 0) is 19.7 Å². The first-order valence-corrected chi connectivity index (χ1v) is 9.06. The molecule has 0 spiro atoms. The lowest BCUT2D eigenvalue weighted by atomic mass is 10.3. The van der Waals surface area contributed by atoms with E-state index < -0.39 is 10.2 Å². The van der Waals surface area contributed by atoms with Crippen LogP contribution in [0, 0.1) is 0 Å². The van der Waals surface area contributed by atoms with Gasteiger partial charge in [0, 0.05) is 58.9 Å². The number of nitrogens with zero attached hydrogens (tertiary/aromatic N) is 4. The molecule has 2 aliphatic rings. The van der Waals surface area contributed by atoms with Gasteiger partial charge in [0.05, 0.1) is 13.5 Å². The van der Waals surface area contributed by atoms with Crippen LogP contribution in [0.25, 0.3) is 0 Å². The maximum Gasteiger partial charge on any atom is 0.306 e. The van der Waals surface area contributed by atoms with Crippen LogP contribution in [0.2, 0.25) is 0 Å². The lowest BCUT2D eigenvalue weighted by Crippen LogP contribution is -2.56. The molecule has 0 aromatic rings. The van der Waals surface area contributed by atoms with Crippen LogP contribution in [0.1, 0.15) is 6.42 Å². The average molecular weight is 334 g/mol. The second-order valence-electron chi connectivity index (χ2n) is 5.78. The fourth-order valence-electron chi connectivity index (χ4n) is 2.72. The predicted octanol–water partition coefficient (Wildman–Crippen LogP) is -1.34. The third kappa shape index (κ3) is 4.39. The third-order valence-electron chi connectivity index (χ3n) is 4.31. The summed E-state index contributed by atoms with van der Waals surface area (Å²) in [5.74, 6) is -0.229. The van der Waals surface area contributed by atoms with Crippen molar-refractivity contribution in [3.8, 4) is 0 Å². The molecule has 22 heavy (non-hydrogen) atoms. The molecule has 2 fully saturated rings. The van der Waals surface area contributed by atoms with Gasteiger partial charge < -0.3 is 14.5 Å². The molecular formula is C13H26N4O4S. The minimum atomic E-state index is -3.35. The summed E-state index contributed by atoms with van der Waals surface area (Å²) in [6, 6.07) is 0. The molecule has 0 radical (unpaired) electrons. The van der Waals surface area contributed by atoms with Gasteiger partial charge in [0.1, 0.15) is 0 Å². The molecule has 8 nitrogen and oxygen atoms in total. The van der Waals surface area contributed by atoms with Crippen LogP contribution in [-0.4, -0.2) is 106 Å². The smallest absolute Gasteiger partial charge is 0.306 e. The molecule has 0 N–H and O–H groups in total. The van der Waals surface area contributed by atoms with Crippen LogP contribution in [0.4, 0.5) is 0 Å². The zero-order chi connectivity index (χ0) is 16.2. The summed E-state index contributed by atoms with van der Waals surface area (Å²) >= 11 is 0. The summed E-state index contributed by atoms with van der Waals surface area (Å²) in [5, 5.41) is 0. The van der Waals surface area contributed by atoms with Gasteiger partial charge in [-0.05, 0) is 7.05 Å². The molecule has 0 aromatic carbocycles. The minimum absolute atomic E-state index is 0.229. The molecule has 2 heterocycles. The SMILES string of the molecule is COC(=O)CCN1CCN(S(=O)(=O)N2CCN(C)CC2)CC1. The number of carbonyl (C=O) groups excluding carboxylic acids is 1. The molecule has 2 aliphatic heterocycles. The zero-order valence-corrected chi connectivity index (χ0v) is 14.2. The van der Waals surface area contributed by atoms with E-state index in [-0.39, 0.29) is 5.97 Å². The summed E-state index contributed by atoms with van der Waals surface area (Å²) < 4.78 is 33.0. The van der Waals surface area contributed by atoms with Crippen LogP contribution in [0.5, 0.6) is 0 Å². The van der Waals surface area contributed by atoms with Crippen molar-refractivity contribution < 1.29 is 17.9 Å². The number of hydrogen-bond donors (Lipinski definition) is 0. The van der Waals surface area contributed by atoms with Crippen molar-refractivity contribution in [2.75, 3.05) is 73.1 Å². The van der Waals surface area contributed by atoms with Gasteiger partial charge in [-0.15, -0.1) is 0 Å². The molecule has 2 rings (SSSR count). The zero-order valence-electron chi connectivity index (χ0n) is 13.4. The Labute approximate surface area is 132 Å². The normalized spacial score (nSPS) is 23.5. The lowest BCUT2D eigenvalue weighted by Gasteiger charge is -2.39. The van der Waals surface area contributed by atoms with E-state index in [4.69, 9.17) is 0 Å². The van der Waals surface area contributed by atoms with E-state index in [1.54, 1.807) is 8.61 Å². The van der Waals surface area contributed by atoms with Crippen molar-refractivity contribution in [1.29, 1.82) is 0 Å². The summed E-state index contributed by atoms with van der Waals surface area (Å²) in [4.78, 5) is 15.4. The monoisotopic (exact) mass is 334 g/mol. The van der Waals surface area contributed by atoms with Gasteiger partial charge in [-0.3, -0.25) is 4.79 Å². The number of ether oxygens (including phenoxy) is 1. The Hall–Kier alpha value is -0.740. The van der Waals surface area contributed by atoms with Crippen molar-refractivity contribution in [1.82, 2.24) is 18.4 Å². The van der Waals surface area contributed by atoms with Gasteiger partial charge in [0.25, 0.3) is 10.2 Å². The van der Waals surface area contributed by atoms with Gasteiger partial charge in [0.2, 0.25) is 0 Å². The molecule has 128 valence electrons. The van der Waals surface area contributed by atoms with Crippen LogP contribution in [0.15, 0.2) is 0 Å². The van der Waals surface area contributed by atoms with Crippen molar-refractivity contribution in [3.05, 3.63) is 0 Å². The van der Waals surface area contributed by atoms with Crippen LogP contribution < -0.4 is 0 Å². The highest BCUT2D eigenvalue weighted by Crippen LogP contribution is 2.14. The largest absolute Gasteiger partial charge is 0.469 e. The molecule has 9 heteroatoms. The molecule has 2 saturated heterocycles. The van der Waals surface area contributed by atoms with Crippen molar-refractivity contribution in [3.63, 3.8) is 0 Å². The van der Waals surface area contributed by atoms with E-state index in [9.17, 15) is 13.2 Å². The van der Waals surface area contributed by atoms with Crippen molar-refractivity contribution in [2.24, 2.45) is 0 Å². The van der Waals surface area contributed by atoms with E-state index in [0.29, 0.717) is 52.2 Å². The Morgan fingerprint density at radius 1 is 0.955 bits per heavy atom. The number of carbonyl (C=O) groups is 1. The van der Waals surface area contributed by atoms with Crippen molar-refractivity contribution in [2.45, 2.75) is 6.42 Å². The van der Waals surface area contributed by atoms with Crippen LogP contribution in [0.3, 0.4) is 0 Å². The van der Waals surface area contributed by atoms with E-state index in [1.807, 2.05) is 7.05 Å². The highest BCUT2D eigenvalue weighted by atomic mass is 32.2. The van der Waals surface area contributed by atoms with Gasteiger partial charge in [-0.2, -0.15) is 17.0 Å². The Morgan fingerprint density at radius 2 is 1.45 bits per heavy atom. The Morgan fingerprint density at radius 3 is 1.95 bits per heavy atom. The quantitative estimate of drug-likeness (QED) is 0.580. The first kappa shape index (κ1) is 17.6. The fourth-order valence-corrected chi connectivity index (χ4v) is 4.29. The maximum atomic E-state index is 12.6. The van der Waals surface area contributed by atoms with Gasteiger partial charge in [-0.1, -0.05) is 0 Å². The Balaban J connectivity index is 1.81. The Kier molecular flexibility index (Phi) is 6.16. The van der Waals surface area contributed by atoms with E-state index in [2.05, 4.69) is 14.5 Å². The topological polar surface area (TPSA) is 73.4 Å². The third-order valence-corrected chi connectivity index (χ3v) is 6.34. The van der Waals surface area contributed by atoms with Gasteiger partial charge in [0.15, 0.2) is 0 Å². The number of hydrogen-bond acceptors (Lipinski definition) is 6. The van der Waals surface area contributed by atoms with Gasteiger partial charge >= 0.3 is 5.97 Å². The first-order valence-electron chi connectivity index (χ1n) is 7.66. The fraction of sp³-hybridized carbons (Fsp3) is 0.923. The molecule has 0 aromatic heterocycles. The molecule has 0 aliphatic carbocycles. The Bertz CT molecular complexity index is 468. The maximum absolute atomic E-state index is 12.6. The predicted molar refractivity (Wildman–Crippen MR) is 82.6 cm³/mol. The minimum Gasteiger partial charge on any atom is -0.469 e. The number of methoxy groups -OCH3 is 1. The molecule has 0 saturated carbocycles. The molecule has 0 atom stereocenters. The number of likely N-dealkylation sites (N-methyl/N-ethyl adjacent to an activating group) is 1. The molecule has 0 amide bonds. The van der Waals surface area contributed by atoms with E-state index in [1.165, 1.54) is 7.11 Å². The average Bonchev–Trinajstić information content (AvgIpc) is 2.53. The molecule has 0 unspecified atom stereocenters. The lowest BCUT2D eigenvalue weighted by molar-refractivity contribution is -0.141. The summed E-state index contributed by atoms with van der Waals surface area (Å²) in [7, 11) is 0.0357. The standard InChI is InChI=1S/C13H26N4O4S/c1-14-5-9-16(10-6-14)22(19,20)17-11-7-15(8-12-17)4-3-13(18)21-2/h3-12H2,1-2H3. The highest BCUT2D eigenvalue weighted by molar-refractivity contribution is 7.86. The van der Waals surface area contributed by atoms with Gasteiger partial charge in [-0.25, -0.2) is 0 Å². The summed E-state index contributed by atoms with van der Waals surface area (Å²) in [6.45, 7) is 5.56.